The fourth-order valence-corrected chi connectivity index (χ4v) is 2.31. The molecular formula is C18H17N3. The minimum absolute atomic E-state index is 0.730. The fraction of sp³-hybridized carbons (Fsp3) is 0.111. The second-order valence-corrected chi connectivity index (χ2v) is 5.15. The van der Waals surface area contributed by atoms with Crippen LogP contribution in [0.25, 0.3) is 16.7 Å². The van der Waals surface area contributed by atoms with Gasteiger partial charge in [0.15, 0.2) is 0 Å². The van der Waals surface area contributed by atoms with Crippen LogP contribution in [-0.2, 0) is 6.54 Å². The van der Waals surface area contributed by atoms with Crippen LogP contribution in [0.3, 0.4) is 0 Å². The molecule has 0 aliphatic rings. The van der Waals surface area contributed by atoms with E-state index in [1.54, 1.807) is 12.7 Å². The highest BCUT2D eigenvalue weighted by Gasteiger charge is 2.02. The van der Waals surface area contributed by atoms with Crippen molar-refractivity contribution in [1.29, 1.82) is 0 Å². The van der Waals surface area contributed by atoms with Crippen molar-refractivity contribution in [2.24, 2.45) is 0 Å². The van der Waals surface area contributed by atoms with E-state index in [1.807, 2.05) is 11.6 Å². The topological polar surface area (TPSA) is 30.7 Å². The highest BCUT2D eigenvalue weighted by Crippen LogP contribution is 2.24. The van der Waals surface area contributed by atoms with Crippen molar-refractivity contribution in [1.82, 2.24) is 14.8 Å². The molecule has 3 heteroatoms. The maximum absolute atomic E-state index is 4.15. The summed E-state index contributed by atoms with van der Waals surface area (Å²) in [6, 6.07) is 17.0. The molecule has 0 N–H and O–H groups in total. The van der Waals surface area contributed by atoms with Gasteiger partial charge < -0.3 is 0 Å². The van der Waals surface area contributed by atoms with E-state index in [0.717, 1.165) is 12.1 Å². The molecule has 0 saturated carbocycles. The zero-order valence-corrected chi connectivity index (χ0v) is 12.0. The first-order chi connectivity index (χ1) is 10.2. The predicted octanol–water partition coefficient (Wildman–Crippen LogP) is 4.03. The molecule has 2 aromatic carbocycles. The molecule has 0 radical (unpaired) electrons. The van der Waals surface area contributed by atoms with E-state index in [0.29, 0.717) is 0 Å². The zero-order valence-electron chi connectivity index (χ0n) is 12.0. The van der Waals surface area contributed by atoms with Crippen LogP contribution in [0.4, 0.5) is 0 Å². The van der Waals surface area contributed by atoms with Gasteiger partial charge in [-0.1, -0.05) is 48.6 Å². The van der Waals surface area contributed by atoms with Gasteiger partial charge in [0.25, 0.3) is 0 Å². The molecule has 1 heterocycles. The molecule has 0 spiro atoms. The van der Waals surface area contributed by atoms with E-state index in [2.05, 4.69) is 65.2 Å². The minimum atomic E-state index is 0.730. The molecule has 0 aliphatic carbocycles. The van der Waals surface area contributed by atoms with Gasteiger partial charge in [0.05, 0.1) is 6.54 Å². The lowest BCUT2D eigenvalue weighted by atomic mass is 9.99. The number of hydrogen-bond donors (Lipinski definition) is 0. The molecule has 0 aliphatic heterocycles. The fourth-order valence-electron chi connectivity index (χ4n) is 2.31. The van der Waals surface area contributed by atoms with Gasteiger partial charge in [0.1, 0.15) is 12.7 Å². The summed E-state index contributed by atoms with van der Waals surface area (Å²) in [5.41, 5.74) is 5.87. The van der Waals surface area contributed by atoms with E-state index in [9.17, 15) is 0 Å². The molecule has 0 saturated heterocycles. The van der Waals surface area contributed by atoms with Gasteiger partial charge in [0.2, 0.25) is 0 Å². The summed E-state index contributed by atoms with van der Waals surface area (Å²) in [7, 11) is 0. The third kappa shape index (κ3) is 3.08. The molecular weight excluding hydrogens is 258 g/mol. The maximum Gasteiger partial charge on any atom is 0.137 e. The Hall–Kier alpha value is -2.68. The molecule has 104 valence electrons. The molecule has 0 unspecified atom stereocenters. The number of benzene rings is 2. The summed E-state index contributed by atoms with van der Waals surface area (Å²) in [4.78, 5) is 3.97. The van der Waals surface area contributed by atoms with Gasteiger partial charge in [-0.3, -0.25) is 0 Å². The monoisotopic (exact) mass is 275 g/mol. The van der Waals surface area contributed by atoms with Gasteiger partial charge in [-0.15, -0.1) is 0 Å². The third-order valence-electron chi connectivity index (χ3n) is 3.43. The average molecular weight is 275 g/mol. The van der Waals surface area contributed by atoms with Crippen LogP contribution in [0.5, 0.6) is 0 Å². The van der Waals surface area contributed by atoms with Crippen LogP contribution in [0, 0.1) is 0 Å². The van der Waals surface area contributed by atoms with Gasteiger partial charge in [-0.25, -0.2) is 9.67 Å². The van der Waals surface area contributed by atoms with Crippen molar-refractivity contribution in [2.45, 2.75) is 13.5 Å². The Balaban J connectivity index is 1.92. The predicted molar refractivity (Wildman–Crippen MR) is 85.7 cm³/mol. The SMILES string of the molecule is C=C(C)c1cccc(-c2cccc(Cn3cncn3)c2)c1. The molecule has 3 nitrogen and oxygen atoms in total. The Morgan fingerprint density at radius 3 is 2.57 bits per heavy atom. The number of aromatic nitrogens is 3. The molecule has 0 bridgehead atoms. The van der Waals surface area contributed by atoms with Crippen LogP contribution in [0.1, 0.15) is 18.1 Å². The largest absolute Gasteiger partial charge is 0.249 e. The first-order valence-electron chi connectivity index (χ1n) is 6.90. The Kier molecular flexibility index (Phi) is 3.65. The Labute approximate surface area is 124 Å². The van der Waals surface area contributed by atoms with Crippen molar-refractivity contribution in [3.05, 3.63) is 78.9 Å². The van der Waals surface area contributed by atoms with Crippen molar-refractivity contribution in [3.63, 3.8) is 0 Å². The average Bonchev–Trinajstić information content (AvgIpc) is 3.00. The lowest BCUT2D eigenvalue weighted by Crippen LogP contribution is -1.99. The highest BCUT2D eigenvalue weighted by molar-refractivity contribution is 5.71. The molecule has 0 amide bonds. The lowest BCUT2D eigenvalue weighted by molar-refractivity contribution is 0.685. The molecule has 0 fully saturated rings. The molecule has 21 heavy (non-hydrogen) atoms. The molecule has 1 aromatic heterocycles. The van der Waals surface area contributed by atoms with Crippen LogP contribution in [0.15, 0.2) is 67.8 Å². The summed E-state index contributed by atoms with van der Waals surface area (Å²) in [6.45, 7) is 6.77. The van der Waals surface area contributed by atoms with E-state index in [-0.39, 0.29) is 0 Å². The molecule has 3 rings (SSSR count). The summed E-state index contributed by atoms with van der Waals surface area (Å²) in [5.74, 6) is 0. The number of rotatable bonds is 4. The highest BCUT2D eigenvalue weighted by atomic mass is 15.3. The van der Waals surface area contributed by atoms with Gasteiger partial charge in [-0.2, -0.15) is 5.10 Å². The van der Waals surface area contributed by atoms with Crippen LogP contribution in [0.2, 0.25) is 0 Å². The van der Waals surface area contributed by atoms with E-state index in [1.165, 1.54) is 22.3 Å². The van der Waals surface area contributed by atoms with E-state index < -0.39 is 0 Å². The zero-order chi connectivity index (χ0) is 14.7. The van der Waals surface area contributed by atoms with Crippen molar-refractivity contribution >= 4 is 5.57 Å². The van der Waals surface area contributed by atoms with Crippen LogP contribution in [-0.4, -0.2) is 14.8 Å². The Morgan fingerprint density at radius 2 is 1.86 bits per heavy atom. The maximum atomic E-state index is 4.15. The van der Waals surface area contributed by atoms with Crippen molar-refractivity contribution in [3.8, 4) is 11.1 Å². The van der Waals surface area contributed by atoms with Gasteiger partial charge in [-0.05, 0) is 41.3 Å². The second kappa shape index (κ2) is 5.75. The van der Waals surface area contributed by atoms with Crippen molar-refractivity contribution in [2.75, 3.05) is 0 Å². The second-order valence-electron chi connectivity index (χ2n) is 5.15. The van der Waals surface area contributed by atoms with Crippen LogP contribution < -0.4 is 0 Å². The minimum Gasteiger partial charge on any atom is -0.249 e. The quantitative estimate of drug-likeness (QED) is 0.720. The first-order valence-corrected chi connectivity index (χ1v) is 6.90. The van der Waals surface area contributed by atoms with Crippen molar-refractivity contribution < 1.29 is 0 Å². The standard InChI is InChI=1S/C18H17N3/c1-14(2)16-6-4-8-18(10-16)17-7-3-5-15(9-17)11-21-13-19-12-20-21/h3-10,12-13H,1,11H2,2H3. The van der Waals surface area contributed by atoms with Gasteiger partial charge in [0, 0.05) is 0 Å². The van der Waals surface area contributed by atoms with E-state index in [4.69, 9.17) is 0 Å². The smallest absolute Gasteiger partial charge is 0.137 e. The number of allylic oxidation sites excluding steroid dienone is 1. The lowest BCUT2D eigenvalue weighted by Gasteiger charge is -2.08. The summed E-state index contributed by atoms with van der Waals surface area (Å²) < 4.78 is 1.82. The normalized spacial score (nSPS) is 10.5. The molecule has 0 atom stereocenters. The number of nitrogens with zero attached hydrogens (tertiary/aromatic N) is 3. The summed E-state index contributed by atoms with van der Waals surface area (Å²) in [5, 5.41) is 4.15. The Morgan fingerprint density at radius 1 is 1.10 bits per heavy atom. The number of hydrogen-bond acceptors (Lipinski definition) is 2. The Bertz CT molecular complexity index is 758. The first kappa shape index (κ1) is 13.3. The van der Waals surface area contributed by atoms with E-state index >= 15 is 0 Å². The summed E-state index contributed by atoms with van der Waals surface area (Å²) in [6.07, 6.45) is 3.29. The summed E-state index contributed by atoms with van der Waals surface area (Å²) >= 11 is 0. The van der Waals surface area contributed by atoms with Gasteiger partial charge >= 0.3 is 0 Å². The third-order valence-corrected chi connectivity index (χ3v) is 3.43. The molecule has 3 aromatic rings. The van der Waals surface area contributed by atoms with Crippen LogP contribution >= 0.6 is 0 Å².